The number of aryl methyl sites for hydroxylation is 2. The molecule has 0 unspecified atom stereocenters. The summed E-state index contributed by atoms with van der Waals surface area (Å²) >= 11 is 12.1. The van der Waals surface area contributed by atoms with Crippen molar-refractivity contribution in [1.82, 2.24) is 15.5 Å². The average molecular weight is 326 g/mol. The monoisotopic (exact) mass is 325 g/mol. The van der Waals surface area contributed by atoms with Gasteiger partial charge in [0.1, 0.15) is 0 Å². The number of nitrogens with one attached hydrogen (secondary N) is 2. The number of halogens is 2. The van der Waals surface area contributed by atoms with Gasteiger partial charge in [-0.2, -0.15) is 5.10 Å². The van der Waals surface area contributed by atoms with Gasteiger partial charge in [-0.05, 0) is 43.0 Å². The molecule has 4 nitrogen and oxygen atoms in total. The van der Waals surface area contributed by atoms with Crippen LogP contribution in [0.25, 0.3) is 0 Å². The van der Waals surface area contributed by atoms with Crippen LogP contribution in [0.2, 0.25) is 10.0 Å². The lowest BCUT2D eigenvalue weighted by atomic mass is 10.1. The van der Waals surface area contributed by atoms with Gasteiger partial charge in [-0.1, -0.05) is 29.3 Å². The summed E-state index contributed by atoms with van der Waals surface area (Å²) in [5, 5.41) is 10.8. The number of nitrogens with zero attached hydrogens (tertiary/aromatic N) is 1. The molecule has 6 heteroatoms. The third-order valence-corrected chi connectivity index (χ3v) is 3.99. The number of aromatic nitrogens is 2. The molecule has 1 aromatic heterocycles. The van der Waals surface area contributed by atoms with Crippen LogP contribution < -0.4 is 5.32 Å². The van der Waals surface area contributed by atoms with E-state index in [0.29, 0.717) is 22.2 Å². The summed E-state index contributed by atoms with van der Waals surface area (Å²) < 4.78 is 0. The molecule has 2 aromatic rings. The molecule has 2 N–H and O–H groups in total. The topological polar surface area (TPSA) is 57.8 Å². The molecule has 1 aromatic carbocycles. The van der Waals surface area contributed by atoms with Gasteiger partial charge in [-0.3, -0.25) is 9.89 Å². The predicted octanol–water partition coefficient (Wildman–Crippen LogP) is 3.32. The average Bonchev–Trinajstić information content (AvgIpc) is 2.85. The molecule has 0 aliphatic rings. The Bertz CT molecular complexity index is 605. The molecule has 0 aliphatic heterocycles. The highest BCUT2D eigenvalue weighted by Crippen LogP contribution is 2.24. The number of H-pyrrole nitrogens is 1. The number of carbonyl (C=O) groups excluding carboxylic acids is 1. The van der Waals surface area contributed by atoms with Crippen molar-refractivity contribution in [2.45, 2.75) is 26.2 Å². The number of amides is 1. The van der Waals surface area contributed by atoms with Crippen molar-refractivity contribution in [3.63, 3.8) is 0 Å². The van der Waals surface area contributed by atoms with Crippen molar-refractivity contribution in [2.75, 3.05) is 6.54 Å². The first-order valence-corrected chi connectivity index (χ1v) is 7.52. The summed E-state index contributed by atoms with van der Waals surface area (Å²) in [7, 11) is 0. The molecule has 0 radical (unpaired) electrons. The number of aromatic amines is 1. The Labute approximate surface area is 133 Å². The molecule has 21 heavy (non-hydrogen) atoms. The minimum Gasteiger partial charge on any atom is -0.356 e. The molecule has 1 amide bonds. The van der Waals surface area contributed by atoms with E-state index in [9.17, 15) is 4.79 Å². The summed E-state index contributed by atoms with van der Waals surface area (Å²) in [5.41, 5.74) is 2.92. The summed E-state index contributed by atoms with van der Waals surface area (Å²) in [6, 6.07) is 5.23. The quantitative estimate of drug-likeness (QED) is 0.800. The summed E-state index contributed by atoms with van der Waals surface area (Å²) in [5.74, 6) is -0.0751. The number of hydrogen-bond donors (Lipinski definition) is 2. The Morgan fingerprint density at radius 3 is 2.67 bits per heavy atom. The van der Waals surface area contributed by atoms with Gasteiger partial charge in [-0.25, -0.2) is 0 Å². The Hall–Kier alpha value is -1.52. The first kappa shape index (κ1) is 15.9. The normalized spacial score (nSPS) is 10.6. The molecular weight excluding hydrogens is 309 g/mol. The van der Waals surface area contributed by atoms with Crippen LogP contribution in [0.3, 0.4) is 0 Å². The fourth-order valence-electron chi connectivity index (χ4n) is 2.06. The van der Waals surface area contributed by atoms with Crippen molar-refractivity contribution in [2.24, 2.45) is 0 Å². The van der Waals surface area contributed by atoms with E-state index < -0.39 is 0 Å². The van der Waals surface area contributed by atoms with Gasteiger partial charge in [0.2, 0.25) is 5.91 Å². The van der Waals surface area contributed by atoms with Crippen molar-refractivity contribution >= 4 is 29.1 Å². The van der Waals surface area contributed by atoms with Gasteiger partial charge in [0, 0.05) is 22.3 Å². The molecule has 0 aliphatic carbocycles. The van der Waals surface area contributed by atoms with Crippen LogP contribution in [0.1, 0.15) is 23.2 Å². The van der Waals surface area contributed by atoms with Gasteiger partial charge in [0.15, 0.2) is 0 Å². The van der Waals surface area contributed by atoms with E-state index in [2.05, 4.69) is 15.5 Å². The van der Waals surface area contributed by atoms with Crippen LogP contribution in [-0.2, 0) is 17.6 Å². The van der Waals surface area contributed by atoms with Crippen LogP contribution in [0.15, 0.2) is 24.4 Å². The second kappa shape index (κ2) is 7.48. The highest BCUT2D eigenvalue weighted by molar-refractivity contribution is 6.36. The maximum absolute atomic E-state index is 11.9. The SMILES string of the molecule is Cc1[nH]ncc1CCCNC(=O)Cc1c(Cl)cccc1Cl. The van der Waals surface area contributed by atoms with Crippen molar-refractivity contribution < 1.29 is 4.79 Å². The largest absolute Gasteiger partial charge is 0.356 e. The number of benzene rings is 1. The van der Waals surface area contributed by atoms with Crippen LogP contribution >= 0.6 is 23.2 Å². The Morgan fingerprint density at radius 2 is 2.05 bits per heavy atom. The number of rotatable bonds is 6. The maximum atomic E-state index is 11.9. The molecule has 0 saturated heterocycles. The van der Waals surface area contributed by atoms with Crippen molar-refractivity contribution in [3.05, 3.63) is 51.3 Å². The highest BCUT2D eigenvalue weighted by atomic mass is 35.5. The first-order valence-electron chi connectivity index (χ1n) is 6.76. The van der Waals surface area contributed by atoms with E-state index in [4.69, 9.17) is 23.2 Å². The minimum absolute atomic E-state index is 0.0751. The zero-order valence-electron chi connectivity index (χ0n) is 11.7. The van der Waals surface area contributed by atoms with Crippen molar-refractivity contribution in [3.8, 4) is 0 Å². The predicted molar refractivity (Wildman–Crippen MR) is 84.8 cm³/mol. The molecule has 0 spiro atoms. The van der Waals surface area contributed by atoms with E-state index in [0.717, 1.165) is 18.5 Å². The smallest absolute Gasteiger partial charge is 0.224 e. The molecule has 2 rings (SSSR count). The molecule has 0 atom stereocenters. The molecule has 112 valence electrons. The fourth-order valence-corrected chi connectivity index (χ4v) is 2.59. The zero-order valence-corrected chi connectivity index (χ0v) is 13.3. The van der Waals surface area contributed by atoms with Crippen molar-refractivity contribution in [1.29, 1.82) is 0 Å². The third-order valence-electron chi connectivity index (χ3n) is 3.28. The maximum Gasteiger partial charge on any atom is 0.224 e. The molecular formula is C15H17Cl2N3O. The molecule has 0 fully saturated rings. The lowest BCUT2D eigenvalue weighted by molar-refractivity contribution is -0.120. The second-order valence-electron chi connectivity index (χ2n) is 4.85. The van der Waals surface area contributed by atoms with Gasteiger partial charge in [-0.15, -0.1) is 0 Å². The number of hydrogen-bond acceptors (Lipinski definition) is 2. The summed E-state index contributed by atoms with van der Waals surface area (Å²) in [6.07, 6.45) is 3.77. The summed E-state index contributed by atoms with van der Waals surface area (Å²) in [4.78, 5) is 11.9. The van der Waals surface area contributed by atoms with E-state index in [1.807, 2.05) is 13.1 Å². The number of carbonyl (C=O) groups is 1. The zero-order chi connectivity index (χ0) is 15.2. The lowest BCUT2D eigenvalue weighted by Gasteiger charge is -2.08. The molecule has 0 saturated carbocycles. The Balaban J connectivity index is 1.76. The minimum atomic E-state index is -0.0751. The van der Waals surface area contributed by atoms with Crippen LogP contribution in [0, 0.1) is 6.92 Å². The molecule has 1 heterocycles. The Morgan fingerprint density at radius 1 is 1.33 bits per heavy atom. The van der Waals surface area contributed by atoms with Crippen LogP contribution in [0.4, 0.5) is 0 Å². The van der Waals surface area contributed by atoms with E-state index in [-0.39, 0.29) is 12.3 Å². The highest BCUT2D eigenvalue weighted by Gasteiger charge is 2.10. The van der Waals surface area contributed by atoms with E-state index >= 15 is 0 Å². The van der Waals surface area contributed by atoms with E-state index in [1.54, 1.807) is 18.2 Å². The van der Waals surface area contributed by atoms with Crippen LogP contribution in [-0.4, -0.2) is 22.6 Å². The third kappa shape index (κ3) is 4.48. The first-order chi connectivity index (χ1) is 10.1. The standard InChI is InChI=1S/C15H17Cl2N3O/c1-10-11(9-19-20-10)4-3-7-18-15(21)8-12-13(16)5-2-6-14(12)17/h2,5-6,9H,3-4,7-8H2,1H3,(H,18,21)(H,19,20). The molecule has 0 bridgehead atoms. The van der Waals surface area contributed by atoms with Gasteiger partial charge < -0.3 is 5.32 Å². The summed E-state index contributed by atoms with van der Waals surface area (Å²) in [6.45, 7) is 2.60. The van der Waals surface area contributed by atoms with Gasteiger partial charge in [0.05, 0.1) is 12.6 Å². The van der Waals surface area contributed by atoms with Gasteiger partial charge in [0.25, 0.3) is 0 Å². The van der Waals surface area contributed by atoms with Gasteiger partial charge >= 0.3 is 0 Å². The Kier molecular flexibility index (Phi) is 5.65. The second-order valence-corrected chi connectivity index (χ2v) is 5.67. The van der Waals surface area contributed by atoms with Crippen LogP contribution in [0.5, 0.6) is 0 Å². The lowest BCUT2D eigenvalue weighted by Crippen LogP contribution is -2.26. The fraction of sp³-hybridized carbons (Fsp3) is 0.333. The van der Waals surface area contributed by atoms with E-state index in [1.165, 1.54) is 5.56 Å².